The fraction of sp³-hybridized carbons (Fsp3) is 0.550. The minimum atomic E-state index is -0.219. The van der Waals surface area contributed by atoms with E-state index >= 15 is 0 Å². The van der Waals surface area contributed by atoms with Crippen molar-refractivity contribution in [2.24, 2.45) is 11.3 Å². The quantitative estimate of drug-likeness (QED) is 0.686. The number of aromatic amines is 1. The van der Waals surface area contributed by atoms with Crippen molar-refractivity contribution in [1.82, 2.24) is 24.6 Å². The lowest BCUT2D eigenvalue weighted by atomic mass is 9.73. The van der Waals surface area contributed by atoms with Crippen LogP contribution in [-0.4, -0.2) is 30.5 Å². The number of rotatable bonds is 3. The summed E-state index contributed by atoms with van der Waals surface area (Å²) in [5, 5.41) is 6.39. The number of H-pyrrole nitrogens is 1. The first-order chi connectivity index (χ1) is 13.6. The van der Waals surface area contributed by atoms with E-state index in [-0.39, 0.29) is 29.1 Å². The monoisotopic (exact) mass is 414 g/mol. The molecule has 154 valence electrons. The third-order valence-corrected chi connectivity index (χ3v) is 6.78. The van der Waals surface area contributed by atoms with E-state index < -0.39 is 0 Å². The molecule has 0 saturated carbocycles. The molecule has 0 fully saturated rings. The van der Waals surface area contributed by atoms with Gasteiger partial charge in [-0.25, -0.2) is 9.97 Å². The lowest BCUT2D eigenvalue weighted by Gasteiger charge is -2.33. The van der Waals surface area contributed by atoms with Crippen molar-refractivity contribution in [3.05, 3.63) is 38.0 Å². The largest absolute Gasteiger partial charge is 0.302 e. The van der Waals surface area contributed by atoms with Gasteiger partial charge in [-0.2, -0.15) is 9.50 Å². The van der Waals surface area contributed by atoms with Crippen molar-refractivity contribution in [3.63, 3.8) is 0 Å². The number of hydrogen-bond acceptors (Lipinski definition) is 6. The van der Waals surface area contributed by atoms with E-state index in [4.69, 9.17) is 0 Å². The summed E-state index contributed by atoms with van der Waals surface area (Å²) in [7, 11) is 0. The van der Waals surface area contributed by atoms with Crippen LogP contribution in [0.3, 0.4) is 0 Å². The summed E-state index contributed by atoms with van der Waals surface area (Å²) in [5.41, 5.74) is 2.38. The summed E-state index contributed by atoms with van der Waals surface area (Å²) >= 11 is 1.56. The lowest BCUT2D eigenvalue weighted by molar-refractivity contribution is -0.115. The van der Waals surface area contributed by atoms with Gasteiger partial charge in [-0.1, -0.05) is 20.8 Å². The first-order valence-corrected chi connectivity index (χ1v) is 10.7. The minimum Gasteiger partial charge on any atom is -0.302 e. The highest BCUT2D eigenvalue weighted by Crippen LogP contribution is 2.40. The SMILES string of the molecule is Cc1nc2nc(CC(=O)Nc3nc4c(s3)C[C@H](C(C)(C)C)CC4)[nH]n2c(=O)c1C. The average Bonchev–Trinajstić information content (AvgIpc) is 3.21. The highest BCUT2D eigenvalue weighted by Gasteiger charge is 2.30. The minimum absolute atomic E-state index is 0.0236. The molecule has 0 aliphatic heterocycles. The van der Waals surface area contributed by atoms with E-state index in [1.807, 2.05) is 0 Å². The molecule has 0 unspecified atom stereocenters. The Morgan fingerprint density at radius 2 is 2.03 bits per heavy atom. The van der Waals surface area contributed by atoms with Gasteiger partial charge in [-0.15, -0.1) is 11.3 Å². The zero-order chi connectivity index (χ0) is 20.9. The first kappa shape index (κ1) is 19.8. The molecule has 0 bridgehead atoms. The molecule has 29 heavy (non-hydrogen) atoms. The van der Waals surface area contributed by atoms with Crippen LogP contribution in [0.25, 0.3) is 5.78 Å². The second kappa shape index (κ2) is 7.05. The van der Waals surface area contributed by atoms with Crippen molar-refractivity contribution in [1.29, 1.82) is 0 Å². The Labute approximate surface area is 172 Å². The number of carbonyl (C=O) groups is 1. The maximum Gasteiger partial charge on any atom is 0.277 e. The molecule has 1 amide bonds. The van der Waals surface area contributed by atoms with E-state index in [0.717, 1.165) is 25.0 Å². The van der Waals surface area contributed by atoms with E-state index in [1.165, 1.54) is 9.39 Å². The van der Waals surface area contributed by atoms with Crippen LogP contribution >= 0.6 is 11.3 Å². The molecule has 1 aliphatic carbocycles. The number of aryl methyl sites for hydroxylation is 2. The fourth-order valence-corrected chi connectivity index (χ4v) is 4.81. The molecule has 2 N–H and O–H groups in total. The molecular weight excluding hydrogens is 388 g/mol. The molecule has 1 atom stereocenters. The number of aromatic nitrogens is 5. The van der Waals surface area contributed by atoms with Crippen LogP contribution in [-0.2, 0) is 24.1 Å². The Hall–Kier alpha value is -2.55. The number of hydrogen-bond donors (Lipinski definition) is 2. The maximum absolute atomic E-state index is 12.5. The molecule has 0 aromatic carbocycles. The van der Waals surface area contributed by atoms with E-state index in [9.17, 15) is 9.59 Å². The van der Waals surface area contributed by atoms with Gasteiger partial charge in [0.2, 0.25) is 5.91 Å². The third-order valence-electron chi connectivity index (χ3n) is 5.75. The first-order valence-electron chi connectivity index (χ1n) is 9.85. The number of nitrogens with one attached hydrogen (secondary N) is 2. The molecule has 8 nitrogen and oxygen atoms in total. The lowest BCUT2D eigenvalue weighted by Crippen LogP contribution is -2.26. The van der Waals surface area contributed by atoms with Crippen LogP contribution in [0, 0.1) is 25.2 Å². The Balaban J connectivity index is 1.47. The van der Waals surface area contributed by atoms with Gasteiger partial charge in [0, 0.05) is 16.1 Å². The summed E-state index contributed by atoms with van der Waals surface area (Å²) in [6, 6.07) is 0. The molecule has 0 spiro atoms. The maximum atomic E-state index is 12.5. The van der Waals surface area contributed by atoms with Gasteiger partial charge in [0.25, 0.3) is 11.3 Å². The number of nitrogens with zero attached hydrogens (tertiary/aromatic N) is 4. The average molecular weight is 415 g/mol. The van der Waals surface area contributed by atoms with Gasteiger partial charge in [-0.05, 0) is 44.4 Å². The Bertz CT molecular complexity index is 1150. The Morgan fingerprint density at radius 1 is 1.28 bits per heavy atom. The van der Waals surface area contributed by atoms with Crippen LogP contribution in [0.2, 0.25) is 0 Å². The molecule has 3 heterocycles. The van der Waals surface area contributed by atoms with Crippen LogP contribution < -0.4 is 10.9 Å². The Morgan fingerprint density at radius 3 is 2.76 bits per heavy atom. The van der Waals surface area contributed by atoms with Crippen LogP contribution in [0.15, 0.2) is 4.79 Å². The molecule has 9 heteroatoms. The number of amides is 1. The second-order valence-corrected chi connectivity index (χ2v) is 9.94. The van der Waals surface area contributed by atoms with Gasteiger partial charge in [0.05, 0.1) is 12.1 Å². The second-order valence-electron chi connectivity index (χ2n) is 8.85. The van der Waals surface area contributed by atoms with E-state index in [0.29, 0.717) is 28.1 Å². The molecular formula is C20H26N6O2S. The summed E-state index contributed by atoms with van der Waals surface area (Å²) < 4.78 is 1.28. The van der Waals surface area contributed by atoms with Crippen LogP contribution in [0.4, 0.5) is 5.13 Å². The fourth-order valence-electron chi connectivity index (χ4n) is 3.71. The van der Waals surface area contributed by atoms with Gasteiger partial charge < -0.3 is 5.32 Å². The van der Waals surface area contributed by atoms with Gasteiger partial charge in [0.15, 0.2) is 5.13 Å². The summed E-state index contributed by atoms with van der Waals surface area (Å²) in [6.45, 7) is 10.3. The van der Waals surface area contributed by atoms with Gasteiger partial charge in [0.1, 0.15) is 5.82 Å². The predicted octanol–water partition coefficient (Wildman–Crippen LogP) is 2.82. The van der Waals surface area contributed by atoms with Crippen molar-refractivity contribution < 1.29 is 4.79 Å². The summed E-state index contributed by atoms with van der Waals surface area (Å²) in [6.07, 6.45) is 3.13. The molecule has 0 radical (unpaired) electrons. The zero-order valence-electron chi connectivity index (χ0n) is 17.4. The Kier molecular flexibility index (Phi) is 4.80. The molecule has 3 aromatic heterocycles. The van der Waals surface area contributed by atoms with Crippen molar-refractivity contribution in [2.45, 2.75) is 60.3 Å². The van der Waals surface area contributed by atoms with Crippen LogP contribution in [0.1, 0.15) is 54.8 Å². The van der Waals surface area contributed by atoms with Gasteiger partial charge >= 0.3 is 0 Å². The zero-order valence-corrected chi connectivity index (χ0v) is 18.2. The van der Waals surface area contributed by atoms with Crippen molar-refractivity contribution in [2.75, 3.05) is 5.32 Å². The standard InChI is InChI=1S/C20H26N6O2S/c1-10-11(2)21-18-23-15(25-26(18)17(10)28)9-16(27)24-19-22-13-7-6-12(20(3,4)5)8-14(13)29-19/h12H,6-9H2,1-5H3,(H,21,23,25)(H,22,24,27)/t12-/m1/s1. The number of fused-ring (bicyclic) bond motifs is 2. The van der Waals surface area contributed by atoms with Crippen molar-refractivity contribution in [3.8, 4) is 0 Å². The van der Waals surface area contributed by atoms with Crippen molar-refractivity contribution >= 4 is 28.2 Å². The molecule has 3 aromatic rings. The van der Waals surface area contributed by atoms with E-state index in [1.54, 1.807) is 25.2 Å². The third kappa shape index (κ3) is 3.83. The number of carbonyl (C=O) groups excluding carboxylic acids is 1. The van der Waals surface area contributed by atoms with Gasteiger partial charge in [-0.3, -0.25) is 14.7 Å². The highest BCUT2D eigenvalue weighted by atomic mass is 32.1. The highest BCUT2D eigenvalue weighted by molar-refractivity contribution is 7.15. The van der Waals surface area contributed by atoms with E-state index in [2.05, 4.69) is 46.1 Å². The number of thiazole rings is 1. The molecule has 4 rings (SSSR count). The smallest absolute Gasteiger partial charge is 0.277 e. The normalized spacial score (nSPS) is 16.8. The predicted molar refractivity (Wildman–Crippen MR) is 112 cm³/mol. The topological polar surface area (TPSA) is 105 Å². The molecule has 1 aliphatic rings. The summed E-state index contributed by atoms with van der Waals surface area (Å²) in [4.78, 5) is 39.3. The summed E-state index contributed by atoms with van der Waals surface area (Å²) in [5.74, 6) is 1.08. The van der Waals surface area contributed by atoms with Crippen LogP contribution in [0.5, 0.6) is 0 Å². The molecule has 0 saturated heterocycles. The number of anilines is 1.